The maximum atomic E-state index is 10.4. The average molecular weight is 550 g/mol. The number of hydrogen-bond donors (Lipinski definition) is 0. The molecule has 0 heterocycles. The van der Waals surface area contributed by atoms with Crippen molar-refractivity contribution < 1.29 is 25.9 Å². The van der Waals surface area contributed by atoms with Gasteiger partial charge in [-0.15, -0.1) is 0 Å². The Morgan fingerprint density at radius 2 is 0.826 bits per heavy atom. The molecule has 2 rings (SSSR count). The first-order chi connectivity index (χ1) is 10.00. The Morgan fingerprint density at radius 3 is 1.00 bits per heavy atom. The number of rotatable bonds is 2. The summed E-state index contributed by atoms with van der Waals surface area (Å²) in [6.07, 6.45) is 0. The van der Waals surface area contributed by atoms with Crippen LogP contribution in [0, 0.1) is 13.8 Å². The fraction of sp³-hybridized carbons (Fsp3) is 0.143. The fourth-order valence-corrected chi connectivity index (χ4v) is 2.35. The van der Waals surface area contributed by atoms with Crippen LogP contribution in [0.4, 0.5) is 0 Å². The zero-order chi connectivity index (χ0) is 17.0. The van der Waals surface area contributed by atoms with Crippen molar-refractivity contribution in [2.75, 3.05) is 0 Å². The van der Waals surface area contributed by atoms with Crippen LogP contribution < -0.4 is 0 Å². The minimum atomic E-state index is -4.27. The van der Waals surface area contributed by atoms with Crippen LogP contribution in [0.15, 0.2) is 58.3 Å². The van der Waals surface area contributed by atoms with Gasteiger partial charge in [-0.1, -0.05) is 35.4 Å². The van der Waals surface area contributed by atoms with Gasteiger partial charge >= 0.3 is 27.3 Å². The number of benzene rings is 2. The van der Waals surface area contributed by atoms with E-state index in [1.807, 2.05) is 13.8 Å². The summed E-state index contributed by atoms with van der Waals surface area (Å²) in [7, 11) is -8.54. The van der Waals surface area contributed by atoms with E-state index in [2.05, 4.69) is 0 Å². The minimum absolute atomic E-state index is 0. The monoisotopic (exact) mass is 550 g/mol. The van der Waals surface area contributed by atoms with Crippen LogP contribution in [-0.2, 0) is 20.2 Å². The van der Waals surface area contributed by atoms with E-state index in [-0.39, 0.29) is 37.1 Å². The zero-order valence-electron chi connectivity index (χ0n) is 12.4. The minimum Gasteiger partial charge on any atom is -0.744 e. The van der Waals surface area contributed by atoms with Crippen molar-refractivity contribution in [1.29, 1.82) is 0 Å². The molecule has 0 saturated carbocycles. The Morgan fingerprint density at radius 1 is 0.609 bits per heavy atom. The van der Waals surface area contributed by atoms with Crippen molar-refractivity contribution in [2.45, 2.75) is 23.6 Å². The SMILES string of the molecule is Cc1ccc(S(=O)(=O)[O-])cc1.Cc1ccc(S(=O)(=O)[O-])cc1.[Pb+2]. The summed E-state index contributed by atoms with van der Waals surface area (Å²) in [6.45, 7) is 3.64. The van der Waals surface area contributed by atoms with Crippen LogP contribution >= 0.6 is 0 Å². The van der Waals surface area contributed by atoms with Crippen LogP contribution in [0.2, 0.25) is 0 Å². The zero-order valence-corrected chi connectivity index (χ0v) is 17.9. The van der Waals surface area contributed by atoms with Gasteiger partial charge in [0.05, 0.1) is 9.79 Å². The second-order valence-electron chi connectivity index (χ2n) is 4.53. The second-order valence-corrected chi connectivity index (χ2v) is 7.29. The van der Waals surface area contributed by atoms with Gasteiger partial charge in [0.1, 0.15) is 20.2 Å². The largest absolute Gasteiger partial charge is 2.00 e. The van der Waals surface area contributed by atoms with Gasteiger partial charge in [-0.25, -0.2) is 16.8 Å². The average Bonchev–Trinajstić information content (AvgIpc) is 2.38. The van der Waals surface area contributed by atoms with E-state index in [1.165, 1.54) is 24.3 Å². The van der Waals surface area contributed by atoms with Crippen molar-refractivity contribution in [1.82, 2.24) is 0 Å². The molecule has 23 heavy (non-hydrogen) atoms. The molecule has 0 fully saturated rings. The van der Waals surface area contributed by atoms with E-state index in [4.69, 9.17) is 0 Å². The third kappa shape index (κ3) is 8.02. The van der Waals surface area contributed by atoms with Gasteiger partial charge in [-0.05, 0) is 38.1 Å². The maximum absolute atomic E-state index is 10.4. The smallest absolute Gasteiger partial charge is 0.744 e. The number of aryl methyl sites for hydroxylation is 2. The molecule has 0 saturated heterocycles. The first-order valence-corrected chi connectivity index (χ1v) is 8.87. The third-order valence-corrected chi connectivity index (χ3v) is 4.32. The van der Waals surface area contributed by atoms with Crippen molar-refractivity contribution in [3.05, 3.63) is 59.7 Å². The van der Waals surface area contributed by atoms with E-state index in [0.29, 0.717) is 0 Å². The topological polar surface area (TPSA) is 114 Å². The Labute approximate surface area is 156 Å². The standard InChI is InChI=1S/2C7H8O3S.Pb/c2*1-6-2-4-7(5-3-6)11(8,9)10;/h2*2-5H,1H3,(H,8,9,10);/q;;+2/p-2. The molecule has 0 bridgehead atoms. The van der Waals surface area contributed by atoms with Gasteiger partial charge < -0.3 is 9.11 Å². The van der Waals surface area contributed by atoms with Crippen molar-refractivity contribution in [3.63, 3.8) is 0 Å². The van der Waals surface area contributed by atoms with Gasteiger partial charge in [-0.2, -0.15) is 0 Å². The van der Waals surface area contributed by atoms with Crippen LogP contribution in [0.5, 0.6) is 0 Å². The summed E-state index contributed by atoms with van der Waals surface area (Å²) in [5.41, 5.74) is 1.86. The Hall–Kier alpha value is -0.818. The third-order valence-electron chi connectivity index (χ3n) is 2.62. The molecule has 9 heteroatoms. The van der Waals surface area contributed by atoms with Crippen LogP contribution in [0.3, 0.4) is 0 Å². The predicted molar refractivity (Wildman–Crippen MR) is 84.0 cm³/mol. The van der Waals surface area contributed by atoms with Crippen molar-refractivity contribution in [2.24, 2.45) is 0 Å². The van der Waals surface area contributed by atoms with Crippen LogP contribution in [0.1, 0.15) is 11.1 Å². The summed E-state index contributed by atoms with van der Waals surface area (Å²) >= 11 is 0. The molecule has 122 valence electrons. The number of hydrogen-bond acceptors (Lipinski definition) is 6. The molecular formula is C14H14O6PbS2. The first-order valence-electron chi connectivity index (χ1n) is 6.05. The summed E-state index contributed by atoms with van der Waals surface area (Å²) in [6, 6.07) is 11.6. The quantitative estimate of drug-likeness (QED) is 0.414. The molecule has 0 aliphatic rings. The van der Waals surface area contributed by atoms with E-state index < -0.39 is 20.2 Å². The molecule has 0 aliphatic carbocycles. The second kappa shape index (κ2) is 8.87. The summed E-state index contributed by atoms with van der Waals surface area (Å²) < 4.78 is 62.3. The first kappa shape index (κ1) is 22.2. The molecule has 0 spiro atoms. The fourth-order valence-electron chi connectivity index (χ4n) is 1.41. The molecule has 2 aromatic rings. The van der Waals surface area contributed by atoms with Crippen LogP contribution in [-0.4, -0.2) is 53.2 Å². The molecule has 6 nitrogen and oxygen atoms in total. The maximum Gasteiger partial charge on any atom is 2.00 e. The summed E-state index contributed by atoms with van der Waals surface area (Å²) in [5, 5.41) is 0. The van der Waals surface area contributed by atoms with Gasteiger partial charge in [0.25, 0.3) is 0 Å². The molecular weight excluding hydrogens is 535 g/mol. The molecule has 2 radical (unpaired) electrons. The summed E-state index contributed by atoms with van der Waals surface area (Å²) in [5.74, 6) is 0. The van der Waals surface area contributed by atoms with Gasteiger partial charge in [0.2, 0.25) is 0 Å². The van der Waals surface area contributed by atoms with Gasteiger partial charge in [0.15, 0.2) is 0 Å². The van der Waals surface area contributed by atoms with Crippen molar-refractivity contribution in [3.8, 4) is 0 Å². The molecule has 0 amide bonds. The summed E-state index contributed by atoms with van der Waals surface area (Å²) in [4.78, 5) is -0.355. The van der Waals surface area contributed by atoms with E-state index in [0.717, 1.165) is 11.1 Å². The molecule has 0 unspecified atom stereocenters. The van der Waals surface area contributed by atoms with E-state index >= 15 is 0 Å². The molecule has 2 aromatic carbocycles. The van der Waals surface area contributed by atoms with Crippen LogP contribution in [0.25, 0.3) is 0 Å². The van der Waals surface area contributed by atoms with E-state index in [9.17, 15) is 25.9 Å². The van der Waals surface area contributed by atoms with E-state index in [1.54, 1.807) is 24.3 Å². The Balaban J connectivity index is 0.000000403. The molecule has 0 aromatic heterocycles. The molecule has 0 N–H and O–H groups in total. The van der Waals surface area contributed by atoms with Gasteiger partial charge in [-0.3, -0.25) is 0 Å². The molecule has 0 aliphatic heterocycles. The predicted octanol–water partition coefficient (Wildman–Crippen LogP) is 1.42. The normalized spacial score (nSPS) is 11.0. The Bertz CT molecular complexity index is 752. The molecule has 0 atom stereocenters. The van der Waals surface area contributed by atoms with Gasteiger partial charge in [0, 0.05) is 0 Å². The van der Waals surface area contributed by atoms with Crippen molar-refractivity contribution >= 4 is 47.5 Å². The Kier molecular flexibility index (Phi) is 8.56.